The van der Waals surface area contributed by atoms with Gasteiger partial charge in [-0.1, -0.05) is 6.07 Å². The Hall–Kier alpha value is -2.84. The molecule has 1 aromatic heterocycles. The molecule has 9 heteroatoms. The number of aromatic nitrogens is 2. The van der Waals surface area contributed by atoms with Gasteiger partial charge in [-0.05, 0) is 61.3 Å². The van der Waals surface area contributed by atoms with E-state index in [1.54, 1.807) is 19.4 Å². The molecule has 32 heavy (non-hydrogen) atoms. The number of carboxylic acid groups (broad SMARTS) is 1. The van der Waals surface area contributed by atoms with Crippen LogP contribution in [-0.4, -0.2) is 41.2 Å². The number of carboxylic acids is 1. The van der Waals surface area contributed by atoms with E-state index in [1.807, 2.05) is 18.2 Å². The highest BCUT2D eigenvalue weighted by Crippen LogP contribution is 2.51. The van der Waals surface area contributed by atoms with Crippen LogP contribution < -0.4 is 9.47 Å². The molecule has 1 heterocycles. The Morgan fingerprint density at radius 3 is 2.53 bits per heavy atom. The van der Waals surface area contributed by atoms with Crippen LogP contribution in [0, 0.1) is 17.8 Å². The summed E-state index contributed by atoms with van der Waals surface area (Å²) in [6, 6.07) is 7.31. The highest BCUT2D eigenvalue weighted by atomic mass is 19.4. The van der Waals surface area contributed by atoms with E-state index in [2.05, 4.69) is 10.2 Å². The molecule has 0 unspecified atom stereocenters. The first-order chi connectivity index (χ1) is 15.3. The minimum atomic E-state index is -4.12. The Morgan fingerprint density at radius 2 is 1.91 bits per heavy atom. The first-order valence-electron chi connectivity index (χ1n) is 10.7. The molecule has 0 saturated heterocycles. The highest BCUT2D eigenvalue weighted by molar-refractivity contribution is 5.76. The lowest BCUT2D eigenvalue weighted by atomic mass is 9.82. The molecule has 2 aliphatic rings. The lowest BCUT2D eigenvalue weighted by Gasteiger charge is -2.29. The fourth-order valence-electron chi connectivity index (χ4n) is 4.45. The van der Waals surface area contributed by atoms with E-state index in [0.717, 1.165) is 16.7 Å². The van der Waals surface area contributed by atoms with Crippen molar-refractivity contribution in [2.45, 2.75) is 44.2 Å². The van der Waals surface area contributed by atoms with Gasteiger partial charge < -0.3 is 14.6 Å². The van der Waals surface area contributed by atoms with Crippen molar-refractivity contribution in [3.8, 4) is 22.8 Å². The van der Waals surface area contributed by atoms with Crippen LogP contribution in [0.15, 0.2) is 30.5 Å². The molecule has 1 aromatic carbocycles. The summed E-state index contributed by atoms with van der Waals surface area (Å²) in [6.07, 6.45) is -0.722. The number of rotatable bonds is 7. The molecule has 0 radical (unpaired) electrons. The van der Waals surface area contributed by atoms with Crippen LogP contribution in [-0.2, 0) is 4.79 Å². The molecule has 4 rings (SSSR count). The third kappa shape index (κ3) is 4.97. The van der Waals surface area contributed by atoms with Crippen molar-refractivity contribution >= 4 is 5.97 Å². The third-order valence-electron chi connectivity index (χ3n) is 6.48. The third-order valence-corrected chi connectivity index (χ3v) is 6.48. The number of benzene rings is 1. The molecular formula is C23H25F3N2O4. The number of alkyl halides is 3. The van der Waals surface area contributed by atoms with Crippen LogP contribution >= 0.6 is 0 Å². The van der Waals surface area contributed by atoms with Crippen molar-refractivity contribution in [3.05, 3.63) is 36.0 Å². The number of hydrogen-bond donors (Lipinski definition) is 1. The van der Waals surface area contributed by atoms with Crippen molar-refractivity contribution < 1.29 is 32.5 Å². The highest BCUT2D eigenvalue weighted by Gasteiger charge is 2.45. The van der Waals surface area contributed by atoms with Crippen molar-refractivity contribution in [3.63, 3.8) is 0 Å². The minimum Gasteiger partial charge on any atom is -0.496 e. The van der Waals surface area contributed by atoms with Crippen LogP contribution in [0.3, 0.4) is 0 Å². The molecule has 2 aromatic rings. The van der Waals surface area contributed by atoms with Gasteiger partial charge in [0.05, 0.1) is 31.7 Å². The number of methoxy groups -OCH3 is 1. The van der Waals surface area contributed by atoms with Crippen molar-refractivity contribution in [1.29, 1.82) is 0 Å². The quantitative estimate of drug-likeness (QED) is 0.633. The molecule has 6 nitrogen and oxygen atoms in total. The standard InChI is InChI=1S/C23H25F3N2O4/c1-31-20-7-4-14(8-18(20)17-10-19(17)22(29)30)15-9-21(28-27-11-15)32-12-13-2-5-16(6-3-13)23(24,25)26/h4,7-9,11,13,16-17,19H,2-3,5-6,10,12H2,1H3,(H,29,30)/t13-,16-,17-,19+/m0/s1. The summed E-state index contributed by atoms with van der Waals surface area (Å²) in [5.41, 5.74) is 2.44. The first-order valence-corrected chi connectivity index (χ1v) is 10.7. The van der Waals surface area contributed by atoms with E-state index in [1.165, 1.54) is 0 Å². The summed E-state index contributed by atoms with van der Waals surface area (Å²) < 4.78 is 49.6. The molecule has 0 bridgehead atoms. The van der Waals surface area contributed by atoms with Gasteiger partial charge >= 0.3 is 12.1 Å². The van der Waals surface area contributed by atoms with E-state index >= 15 is 0 Å². The molecule has 2 atom stereocenters. The van der Waals surface area contributed by atoms with Gasteiger partial charge in [-0.3, -0.25) is 4.79 Å². The van der Waals surface area contributed by atoms with Crippen LogP contribution in [0.2, 0.25) is 0 Å². The topological polar surface area (TPSA) is 81.5 Å². The predicted molar refractivity (Wildman–Crippen MR) is 110 cm³/mol. The van der Waals surface area contributed by atoms with Crippen molar-refractivity contribution in [2.75, 3.05) is 13.7 Å². The zero-order valence-electron chi connectivity index (χ0n) is 17.6. The van der Waals surface area contributed by atoms with Gasteiger partial charge in [-0.2, -0.15) is 18.3 Å². The van der Waals surface area contributed by atoms with E-state index in [0.29, 0.717) is 37.5 Å². The maximum Gasteiger partial charge on any atom is 0.391 e. The molecule has 172 valence electrons. The molecule has 2 aliphatic carbocycles. The Morgan fingerprint density at radius 1 is 1.16 bits per heavy atom. The maximum atomic E-state index is 12.8. The lowest BCUT2D eigenvalue weighted by Crippen LogP contribution is -2.29. The average Bonchev–Trinajstić information content (AvgIpc) is 3.58. The number of ether oxygens (including phenoxy) is 2. The van der Waals surface area contributed by atoms with Gasteiger partial charge in [0.25, 0.3) is 0 Å². The van der Waals surface area contributed by atoms with Gasteiger partial charge in [0.1, 0.15) is 5.75 Å². The first kappa shape index (κ1) is 22.4. The SMILES string of the molecule is COc1ccc(-c2cnnc(OC[C@H]3CC[C@H](C(F)(F)F)CC3)c2)cc1[C@@H]1C[C@H]1C(=O)O. The number of carbonyl (C=O) groups is 1. The average molecular weight is 450 g/mol. The normalized spacial score (nSPS) is 25.2. The van der Waals surface area contributed by atoms with Crippen LogP contribution in [0.1, 0.15) is 43.6 Å². The van der Waals surface area contributed by atoms with E-state index < -0.39 is 24.0 Å². The number of aliphatic carboxylic acids is 1. The van der Waals surface area contributed by atoms with Gasteiger partial charge in [-0.15, -0.1) is 5.10 Å². The van der Waals surface area contributed by atoms with E-state index in [4.69, 9.17) is 9.47 Å². The number of hydrogen-bond acceptors (Lipinski definition) is 5. The Kier molecular flexibility index (Phi) is 6.26. The molecule has 2 saturated carbocycles. The number of nitrogens with zero attached hydrogens (tertiary/aromatic N) is 2. The minimum absolute atomic E-state index is 0.0643. The maximum absolute atomic E-state index is 12.8. The summed E-state index contributed by atoms with van der Waals surface area (Å²) in [7, 11) is 1.55. The Labute approximate surface area is 183 Å². The molecule has 1 N–H and O–H groups in total. The second kappa shape index (κ2) is 8.96. The zero-order valence-corrected chi connectivity index (χ0v) is 17.6. The second-order valence-corrected chi connectivity index (χ2v) is 8.60. The molecular weight excluding hydrogens is 425 g/mol. The van der Waals surface area contributed by atoms with E-state index in [9.17, 15) is 23.1 Å². The Bertz CT molecular complexity index is 974. The summed E-state index contributed by atoms with van der Waals surface area (Å²) in [5, 5.41) is 17.2. The summed E-state index contributed by atoms with van der Waals surface area (Å²) in [4.78, 5) is 11.3. The van der Waals surface area contributed by atoms with Crippen LogP contribution in [0.4, 0.5) is 13.2 Å². The van der Waals surface area contributed by atoms with Gasteiger partial charge in [-0.25, -0.2) is 0 Å². The monoisotopic (exact) mass is 450 g/mol. The number of halogens is 3. The van der Waals surface area contributed by atoms with E-state index in [-0.39, 0.29) is 24.7 Å². The fraction of sp³-hybridized carbons (Fsp3) is 0.522. The van der Waals surface area contributed by atoms with Crippen molar-refractivity contribution in [1.82, 2.24) is 10.2 Å². The summed E-state index contributed by atoms with van der Waals surface area (Å²) in [6.45, 7) is 0.305. The predicted octanol–water partition coefficient (Wildman–Crippen LogP) is 5.09. The summed E-state index contributed by atoms with van der Waals surface area (Å²) >= 11 is 0. The molecule has 0 amide bonds. The van der Waals surface area contributed by atoms with Crippen LogP contribution in [0.5, 0.6) is 11.6 Å². The second-order valence-electron chi connectivity index (χ2n) is 8.60. The Balaban J connectivity index is 1.42. The zero-order chi connectivity index (χ0) is 22.9. The molecule has 0 aliphatic heterocycles. The van der Waals surface area contributed by atoms with Gasteiger partial charge in [0, 0.05) is 17.5 Å². The van der Waals surface area contributed by atoms with Gasteiger partial charge in [0.15, 0.2) is 0 Å². The lowest BCUT2D eigenvalue weighted by molar-refractivity contribution is -0.184. The molecule has 0 spiro atoms. The van der Waals surface area contributed by atoms with Crippen LogP contribution in [0.25, 0.3) is 11.1 Å². The smallest absolute Gasteiger partial charge is 0.391 e. The largest absolute Gasteiger partial charge is 0.496 e. The molecule has 2 fully saturated rings. The fourth-order valence-corrected chi connectivity index (χ4v) is 4.45. The van der Waals surface area contributed by atoms with Crippen molar-refractivity contribution in [2.24, 2.45) is 17.8 Å². The summed E-state index contributed by atoms with van der Waals surface area (Å²) in [5.74, 6) is -1.48. The van der Waals surface area contributed by atoms with Gasteiger partial charge in [0.2, 0.25) is 5.88 Å².